The Balaban J connectivity index is 3.02. The van der Waals surface area contributed by atoms with Crippen LogP contribution in [0.2, 0.25) is 0 Å². The lowest BCUT2D eigenvalue weighted by molar-refractivity contribution is 0.0788. The summed E-state index contributed by atoms with van der Waals surface area (Å²) in [5.41, 5.74) is 0.444. The average molecular weight is 272 g/mol. The lowest BCUT2D eigenvalue weighted by Gasteiger charge is -2.19. The summed E-state index contributed by atoms with van der Waals surface area (Å²) in [6, 6.07) is 5.27. The van der Waals surface area contributed by atoms with Gasteiger partial charge in [0, 0.05) is 19.5 Å². The molecule has 0 atom stereocenters. The van der Waals surface area contributed by atoms with Gasteiger partial charge in [-0.05, 0) is 18.6 Å². The second-order valence-corrected chi connectivity index (χ2v) is 4.18. The molecule has 1 rings (SSSR count). The molecule has 100 valence electrons. The van der Waals surface area contributed by atoms with Crippen LogP contribution in [0.4, 0.5) is 0 Å². The van der Waals surface area contributed by atoms with Crippen LogP contribution in [0, 0.1) is 0 Å². The fraction of sp³-hybridized carbons (Fsp3) is 0.462. The molecule has 1 amide bonds. The standard InChI is InChI=1S/C13H18ClNO3/c1-15(9-5-8-14)13(16)12-10(17-2)6-4-7-11(12)18-3/h4,6-7H,5,8-9H2,1-3H3. The molecule has 0 spiro atoms. The van der Waals surface area contributed by atoms with E-state index in [2.05, 4.69) is 0 Å². The molecule has 0 saturated carbocycles. The van der Waals surface area contributed by atoms with Gasteiger partial charge in [-0.3, -0.25) is 4.79 Å². The number of hydrogen-bond acceptors (Lipinski definition) is 3. The van der Waals surface area contributed by atoms with Gasteiger partial charge < -0.3 is 14.4 Å². The molecule has 4 nitrogen and oxygen atoms in total. The van der Waals surface area contributed by atoms with Crippen molar-refractivity contribution in [2.45, 2.75) is 6.42 Å². The number of benzene rings is 1. The Morgan fingerprint density at radius 3 is 2.28 bits per heavy atom. The quantitative estimate of drug-likeness (QED) is 0.746. The number of carbonyl (C=O) groups is 1. The van der Waals surface area contributed by atoms with E-state index in [4.69, 9.17) is 21.1 Å². The Labute approximate surface area is 112 Å². The van der Waals surface area contributed by atoms with Crippen molar-refractivity contribution in [3.63, 3.8) is 0 Å². The zero-order valence-electron chi connectivity index (χ0n) is 10.9. The van der Waals surface area contributed by atoms with Crippen LogP contribution in [0.1, 0.15) is 16.8 Å². The maximum Gasteiger partial charge on any atom is 0.261 e. The van der Waals surface area contributed by atoms with Crippen LogP contribution in [0.5, 0.6) is 11.5 Å². The van der Waals surface area contributed by atoms with Gasteiger partial charge in [0.25, 0.3) is 5.91 Å². The minimum atomic E-state index is -0.130. The number of hydrogen-bond donors (Lipinski definition) is 0. The highest BCUT2D eigenvalue weighted by Crippen LogP contribution is 2.29. The van der Waals surface area contributed by atoms with E-state index in [9.17, 15) is 4.79 Å². The van der Waals surface area contributed by atoms with E-state index < -0.39 is 0 Å². The average Bonchev–Trinajstić information content (AvgIpc) is 2.42. The van der Waals surface area contributed by atoms with Crippen molar-refractivity contribution < 1.29 is 14.3 Å². The van der Waals surface area contributed by atoms with Crippen LogP contribution < -0.4 is 9.47 Å². The normalized spacial score (nSPS) is 10.0. The van der Waals surface area contributed by atoms with Gasteiger partial charge in [0.2, 0.25) is 0 Å². The summed E-state index contributed by atoms with van der Waals surface area (Å²) in [4.78, 5) is 13.9. The predicted molar refractivity (Wildman–Crippen MR) is 71.8 cm³/mol. The zero-order valence-corrected chi connectivity index (χ0v) is 11.7. The third-order valence-corrected chi connectivity index (χ3v) is 2.88. The maximum absolute atomic E-state index is 12.3. The first-order valence-electron chi connectivity index (χ1n) is 5.68. The molecule has 1 aromatic rings. The van der Waals surface area contributed by atoms with E-state index in [1.54, 1.807) is 30.1 Å². The molecule has 0 aliphatic rings. The number of carbonyl (C=O) groups excluding carboxylic acids is 1. The highest BCUT2D eigenvalue weighted by Gasteiger charge is 2.21. The second-order valence-electron chi connectivity index (χ2n) is 3.81. The molecular weight excluding hydrogens is 254 g/mol. The molecule has 0 heterocycles. The van der Waals surface area contributed by atoms with Gasteiger partial charge in [-0.15, -0.1) is 11.6 Å². The monoisotopic (exact) mass is 271 g/mol. The Hall–Kier alpha value is -1.42. The first-order chi connectivity index (χ1) is 8.65. The van der Waals surface area contributed by atoms with Crippen molar-refractivity contribution in [3.05, 3.63) is 23.8 Å². The molecule has 0 bridgehead atoms. The van der Waals surface area contributed by atoms with E-state index in [0.717, 1.165) is 6.42 Å². The number of methoxy groups -OCH3 is 2. The van der Waals surface area contributed by atoms with E-state index in [1.807, 2.05) is 0 Å². The lowest BCUT2D eigenvalue weighted by Crippen LogP contribution is -2.28. The van der Waals surface area contributed by atoms with Crippen LogP contribution in [-0.2, 0) is 0 Å². The third-order valence-electron chi connectivity index (χ3n) is 2.62. The molecule has 0 saturated heterocycles. The van der Waals surface area contributed by atoms with Gasteiger partial charge in [0.1, 0.15) is 17.1 Å². The Kier molecular flexibility index (Phi) is 5.78. The van der Waals surface area contributed by atoms with Crippen molar-refractivity contribution in [2.75, 3.05) is 33.7 Å². The predicted octanol–water partition coefficient (Wildman–Crippen LogP) is 2.40. The summed E-state index contributed by atoms with van der Waals surface area (Å²) in [6.45, 7) is 0.601. The smallest absolute Gasteiger partial charge is 0.261 e. The van der Waals surface area contributed by atoms with Crippen molar-refractivity contribution in [3.8, 4) is 11.5 Å². The van der Waals surface area contributed by atoms with Crippen LogP contribution >= 0.6 is 11.6 Å². The summed E-state index contributed by atoms with van der Waals surface area (Å²) in [5.74, 6) is 1.42. The highest BCUT2D eigenvalue weighted by atomic mass is 35.5. The van der Waals surface area contributed by atoms with Crippen molar-refractivity contribution in [1.29, 1.82) is 0 Å². The first-order valence-corrected chi connectivity index (χ1v) is 6.21. The summed E-state index contributed by atoms with van der Waals surface area (Å²) in [6.07, 6.45) is 0.751. The number of halogens is 1. The number of ether oxygens (including phenoxy) is 2. The summed E-state index contributed by atoms with van der Waals surface area (Å²) in [5, 5.41) is 0. The molecule has 0 unspecified atom stereocenters. The molecule has 0 fully saturated rings. The molecule has 0 aromatic heterocycles. The highest BCUT2D eigenvalue weighted by molar-refractivity contribution is 6.17. The van der Waals surface area contributed by atoms with E-state index in [0.29, 0.717) is 29.5 Å². The molecule has 1 aromatic carbocycles. The number of rotatable bonds is 6. The molecule has 0 N–H and O–H groups in total. The van der Waals surface area contributed by atoms with Gasteiger partial charge in [0.05, 0.1) is 14.2 Å². The summed E-state index contributed by atoms with van der Waals surface area (Å²) >= 11 is 5.63. The Morgan fingerprint density at radius 1 is 1.28 bits per heavy atom. The number of nitrogens with zero attached hydrogens (tertiary/aromatic N) is 1. The van der Waals surface area contributed by atoms with Crippen molar-refractivity contribution in [2.24, 2.45) is 0 Å². The van der Waals surface area contributed by atoms with E-state index in [1.165, 1.54) is 14.2 Å². The maximum atomic E-state index is 12.3. The van der Waals surface area contributed by atoms with Crippen LogP contribution in [0.25, 0.3) is 0 Å². The van der Waals surface area contributed by atoms with Crippen LogP contribution in [0.15, 0.2) is 18.2 Å². The minimum Gasteiger partial charge on any atom is -0.496 e. The molecule has 0 radical (unpaired) electrons. The lowest BCUT2D eigenvalue weighted by atomic mass is 10.1. The van der Waals surface area contributed by atoms with Crippen LogP contribution in [-0.4, -0.2) is 44.5 Å². The largest absolute Gasteiger partial charge is 0.496 e. The number of amides is 1. The van der Waals surface area contributed by atoms with E-state index in [-0.39, 0.29) is 5.91 Å². The molecule has 5 heteroatoms. The van der Waals surface area contributed by atoms with Crippen LogP contribution in [0.3, 0.4) is 0 Å². The van der Waals surface area contributed by atoms with Gasteiger partial charge in [0.15, 0.2) is 0 Å². The van der Waals surface area contributed by atoms with Gasteiger partial charge in [-0.1, -0.05) is 6.07 Å². The number of alkyl halides is 1. The Morgan fingerprint density at radius 2 is 1.83 bits per heavy atom. The second kappa shape index (κ2) is 7.11. The molecule has 18 heavy (non-hydrogen) atoms. The van der Waals surface area contributed by atoms with Gasteiger partial charge >= 0.3 is 0 Å². The van der Waals surface area contributed by atoms with Crippen molar-refractivity contribution in [1.82, 2.24) is 4.90 Å². The minimum absolute atomic E-state index is 0.130. The summed E-state index contributed by atoms with van der Waals surface area (Å²) < 4.78 is 10.4. The Bertz CT molecular complexity index is 387. The van der Waals surface area contributed by atoms with Crippen molar-refractivity contribution >= 4 is 17.5 Å². The first kappa shape index (κ1) is 14.6. The van der Waals surface area contributed by atoms with Gasteiger partial charge in [-0.2, -0.15) is 0 Å². The van der Waals surface area contributed by atoms with Gasteiger partial charge in [-0.25, -0.2) is 0 Å². The fourth-order valence-corrected chi connectivity index (χ4v) is 1.77. The molecule has 0 aliphatic heterocycles. The topological polar surface area (TPSA) is 38.8 Å². The fourth-order valence-electron chi connectivity index (χ4n) is 1.65. The summed E-state index contributed by atoms with van der Waals surface area (Å²) in [7, 11) is 4.80. The van der Waals surface area contributed by atoms with E-state index >= 15 is 0 Å². The third kappa shape index (κ3) is 3.29. The zero-order chi connectivity index (χ0) is 13.5. The molecule has 0 aliphatic carbocycles. The molecular formula is C13H18ClNO3. The SMILES string of the molecule is COc1cccc(OC)c1C(=O)N(C)CCCCl.